The number of aliphatic hydroxyl groups is 1. The molecule has 7 heterocycles. The molecular formula is C75H88N10O18S. The number of aliphatic carboxylic acids is 2. The maximum atomic E-state index is 13.9. The van der Waals surface area contributed by atoms with Gasteiger partial charge in [-0.2, -0.15) is 5.10 Å². The van der Waals surface area contributed by atoms with Gasteiger partial charge in [0.15, 0.2) is 16.9 Å². The summed E-state index contributed by atoms with van der Waals surface area (Å²) in [6, 6.07) is 22.0. The third kappa shape index (κ3) is 17.0. The minimum Gasteiger partial charge on any atom is -0.491 e. The molecule has 6 aromatic rings. The molecule has 4 aliphatic carbocycles. The van der Waals surface area contributed by atoms with Crippen molar-refractivity contribution in [3.05, 3.63) is 125 Å². The summed E-state index contributed by atoms with van der Waals surface area (Å²) in [5.41, 5.74) is 5.19. The number of piperidine rings is 1. The molecule has 8 aliphatic rings. The molecule has 28 nitrogen and oxygen atoms in total. The average Bonchev–Trinajstić information content (AvgIpc) is 0.791. The highest BCUT2D eigenvalue weighted by Crippen LogP contribution is 2.68. The first-order chi connectivity index (χ1) is 50.0. The van der Waals surface area contributed by atoms with Gasteiger partial charge in [0, 0.05) is 130 Å². The Labute approximate surface area is 604 Å². The number of imide groups is 1. The molecule has 4 bridgehead atoms. The van der Waals surface area contributed by atoms with E-state index in [0.29, 0.717) is 117 Å². The lowest BCUT2D eigenvalue weighted by Gasteiger charge is -2.65. The van der Waals surface area contributed by atoms with E-state index < -0.39 is 54.3 Å². The van der Waals surface area contributed by atoms with Gasteiger partial charge in [0.05, 0.1) is 47.9 Å². The highest BCUT2D eigenvalue weighted by Gasteiger charge is 2.62. The van der Waals surface area contributed by atoms with Crippen molar-refractivity contribution in [1.82, 2.24) is 39.8 Å². The lowest BCUT2D eigenvalue weighted by molar-refractivity contribution is -0.224. The van der Waals surface area contributed by atoms with Crippen LogP contribution in [0.1, 0.15) is 134 Å². The van der Waals surface area contributed by atoms with Crippen molar-refractivity contribution in [3.63, 3.8) is 0 Å². The predicted molar refractivity (Wildman–Crippen MR) is 378 cm³/mol. The molecular weight excluding hydrogens is 1360 g/mol. The molecule has 0 spiro atoms. The van der Waals surface area contributed by atoms with Gasteiger partial charge in [-0.05, 0) is 148 Å². The normalized spacial score (nSPS) is 23.6. The number of hydrogen-bond donors (Lipinski definition) is 6. The summed E-state index contributed by atoms with van der Waals surface area (Å²) in [6.45, 7) is 8.44. The summed E-state index contributed by atoms with van der Waals surface area (Å²) in [6.07, 6.45) is 8.27. The van der Waals surface area contributed by atoms with Crippen molar-refractivity contribution in [2.45, 2.75) is 154 Å². The number of thiazole rings is 1. The molecule has 7 atom stereocenters. The van der Waals surface area contributed by atoms with Crippen LogP contribution in [0.3, 0.4) is 0 Å². The van der Waals surface area contributed by atoms with Gasteiger partial charge < -0.3 is 64.0 Å². The Morgan fingerprint density at radius 3 is 2.43 bits per heavy atom. The molecule has 5 amide bonds. The second-order valence-corrected chi connectivity index (χ2v) is 30.0. The standard InChI is InChI=1S/C75H88N10O18S/c1-46-55(53-14-15-61(79-67(53)70(95)96)83-24-18-48-7-5-8-54(56(48)40-83)68(92)80-71-78-57-9-3-4-10-60(57)104-71)39-77-85(46)45-74-37-47-36-73(2,42-74)43-75(38-47,44-74)101-30-28-81(23-6-11-65(90)91)50-19-25-82(26-20-50)72(97)100-41-49-12-13-52(102-66-34-51(86)33-59(103-66)69(93)94)35-58(49)99-32-31-98-29-22-76-62(87)21-27-84-63(88)16-17-64(84)89/h3-5,7-10,12-17,35,39,47,50-51,59,66,86H,6,11,18-34,36-38,40-45H2,1-2H3,(H,76,87)(H,90,91)(H,93,94)(H,95,96)(H,78,80,92)/t47?,51-,59-,66+,73?,74?,75?/m0/s1. The molecule has 0 radical (unpaired) electrons. The van der Waals surface area contributed by atoms with Gasteiger partial charge in [-0.25, -0.2) is 24.4 Å². The number of anilines is 2. The fraction of sp³-hybridized carbons (Fsp3) is 0.507. The van der Waals surface area contributed by atoms with Crippen LogP contribution in [0.5, 0.6) is 11.5 Å². The van der Waals surface area contributed by atoms with E-state index in [0.717, 1.165) is 82.6 Å². The van der Waals surface area contributed by atoms with Crippen molar-refractivity contribution in [2.75, 3.05) is 82.5 Å². The second-order valence-electron chi connectivity index (χ2n) is 29.0. The number of nitrogens with zero attached hydrogens (tertiary/aromatic N) is 8. The lowest BCUT2D eigenvalue weighted by atomic mass is 9.43. The number of carboxylic acid groups (broad SMARTS) is 3. The number of benzene rings is 3. The Kier molecular flexibility index (Phi) is 22.1. The minimum atomic E-state index is -1.27. The number of amides is 5. The number of carboxylic acids is 3. The summed E-state index contributed by atoms with van der Waals surface area (Å²) in [5.74, 6) is -3.37. The van der Waals surface area contributed by atoms with E-state index in [2.05, 4.69) is 27.4 Å². The Bertz CT molecular complexity index is 4220. The van der Waals surface area contributed by atoms with Gasteiger partial charge >= 0.3 is 24.0 Å². The van der Waals surface area contributed by atoms with E-state index in [1.165, 1.54) is 11.3 Å². The first kappa shape index (κ1) is 72.9. The molecule has 4 unspecified atom stereocenters. The number of likely N-dealkylation sites (tertiary alicyclic amines) is 1. The zero-order valence-electron chi connectivity index (χ0n) is 58.3. The molecule has 3 aromatic heterocycles. The SMILES string of the molecule is Cc1c(-c2ccc(N3CCc4cccc(C(=O)Nc5nc6ccccc6s5)c4C3)nc2C(=O)O)cnn1CC12CC3CC(C)(C1)CC(OCCN(CCCC(=O)O)C1CCN(C(=O)OCc4ccc(O[C@H]5C[C@@H](O)C[C@@H](C(=O)O)O5)cc4OCCOCCNC(=O)CCN4C(=O)C=CC4=O)CC1)(C3)C2. The van der Waals surface area contributed by atoms with Gasteiger partial charge in [-0.15, -0.1) is 0 Å². The van der Waals surface area contributed by atoms with Crippen LogP contribution >= 0.6 is 11.3 Å². The number of nitrogens with one attached hydrogen (secondary N) is 2. The van der Waals surface area contributed by atoms with Crippen molar-refractivity contribution in [2.24, 2.45) is 16.7 Å². The monoisotopic (exact) mass is 1450 g/mol. The maximum absolute atomic E-state index is 13.9. The number of carbonyl (C=O) groups excluding carboxylic acids is 5. The fourth-order valence-electron chi connectivity index (χ4n) is 17.2. The number of ether oxygens (including phenoxy) is 6. The molecule has 2 saturated heterocycles. The average molecular weight is 1450 g/mol. The topological polar surface area (TPSA) is 353 Å². The van der Waals surface area contributed by atoms with Gasteiger partial charge in [-0.3, -0.25) is 43.8 Å². The summed E-state index contributed by atoms with van der Waals surface area (Å²) >= 11 is 1.41. The molecule has 29 heteroatoms. The highest BCUT2D eigenvalue weighted by molar-refractivity contribution is 7.22. The van der Waals surface area contributed by atoms with Crippen LogP contribution in [-0.4, -0.2) is 205 Å². The van der Waals surface area contributed by atoms with Crippen molar-refractivity contribution >= 4 is 80.1 Å². The number of aliphatic hydroxyl groups excluding tert-OH is 1. The van der Waals surface area contributed by atoms with Crippen LogP contribution in [0.15, 0.2) is 91.1 Å². The summed E-state index contributed by atoms with van der Waals surface area (Å²) in [7, 11) is 0. The molecule has 552 valence electrons. The summed E-state index contributed by atoms with van der Waals surface area (Å²) < 4.78 is 39.5. The van der Waals surface area contributed by atoms with Crippen LogP contribution in [0.25, 0.3) is 21.3 Å². The number of carbonyl (C=O) groups is 8. The lowest BCUT2D eigenvalue weighted by Crippen LogP contribution is -2.61. The largest absolute Gasteiger partial charge is 0.491 e. The number of hydrogen-bond acceptors (Lipinski definition) is 21. The maximum Gasteiger partial charge on any atom is 0.410 e. The van der Waals surface area contributed by atoms with E-state index in [1.807, 2.05) is 71.1 Å². The van der Waals surface area contributed by atoms with Crippen molar-refractivity contribution in [1.29, 1.82) is 0 Å². The minimum absolute atomic E-state index is 0.0109. The molecule has 4 saturated carbocycles. The quantitative estimate of drug-likeness (QED) is 0.0176. The van der Waals surface area contributed by atoms with Gasteiger partial charge in [0.1, 0.15) is 30.5 Å². The molecule has 6 N–H and O–H groups in total. The first-order valence-corrected chi connectivity index (χ1v) is 36.6. The van der Waals surface area contributed by atoms with Crippen molar-refractivity contribution in [3.8, 4) is 22.6 Å². The molecule has 14 rings (SSSR count). The van der Waals surface area contributed by atoms with E-state index in [-0.39, 0.29) is 117 Å². The third-order valence-electron chi connectivity index (χ3n) is 21.3. The van der Waals surface area contributed by atoms with Crippen molar-refractivity contribution < 1.29 is 87.2 Å². The second kappa shape index (κ2) is 31.5. The molecule has 3 aromatic carbocycles. The number of pyridine rings is 1. The summed E-state index contributed by atoms with van der Waals surface area (Å²) in [4.78, 5) is 117. The third-order valence-corrected chi connectivity index (χ3v) is 22.3. The van der Waals surface area contributed by atoms with Crippen LogP contribution < -0.4 is 25.0 Å². The number of aromatic carboxylic acids is 1. The number of fused-ring (bicyclic) bond motifs is 2. The van der Waals surface area contributed by atoms with Crippen LogP contribution in [0.4, 0.5) is 15.7 Å². The Hall–Kier alpha value is -9.39. The molecule has 104 heavy (non-hydrogen) atoms. The predicted octanol–water partition coefficient (Wildman–Crippen LogP) is 8.25. The number of rotatable bonds is 31. The van der Waals surface area contributed by atoms with Gasteiger partial charge in [0.25, 0.3) is 17.7 Å². The van der Waals surface area contributed by atoms with Crippen LogP contribution in [0, 0.1) is 23.7 Å². The van der Waals surface area contributed by atoms with E-state index in [1.54, 1.807) is 29.3 Å². The fourth-order valence-corrected chi connectivity index (χ4v) is 18.1. The zero-order chi connectivity index (χ0) is 72.9. The van der Waals surface area contributed by atoms with Crippen LogP contribution in [-0.2, 0) is 69.0 Å². The molecule has 6 fully saturated rings. The van der Waals surface area contributed by atoms with E-state index >= 15 is 0 Å². The summed E-state index contributed by atoms with van der Waals surface area (Å²) in [5, 5.41) is 51.6. The van der Waals surface area contributed by atoms with Gasteiger partial charge in [0.2, 0.25) is 12.2 Å². The number of aromatic nitrogens is 4. The van der Waals surface area contributed by atoms with Crippen LogP contribution in [0.2, 0.25) is 0 Å². The molecule has 4 aliphatic heterocycles. The van der Waals surface area contributed by atoms with E-state index in [9.17, 15) is 58.8 Å². The smallest absolute Gasteiger partial charge is 0.410 e. The Morgan fingerprint density at radius 2 is 1.65 bits per heavy atom. The van der Waals surface area contributed by atoms with E-state index in [4.69, 9.17) is 38.5 Å². The Balaban J connectivity index is 0.612. The Morgan fingerprint density at radius 1 is 0.837 bits per heavy atom. The first-order valence-electron chi connectivity index (χ1n) is 35.7. The highest BCUT2D eigenvalue weighted by atomic mass is 32.1. The van der Waals surface area contributed by atoms with Gasteiger partial charge in [-0.1, -0.05) is 42.5 Å². The number of para-hydroxylation sites is 1. The zero-order valence-corrected chi connectivity index (χ0v) is 59.2.